The van der Waals surface area contributed by atoms with Gasteiger partial charge in [0.15, 0.2) is 28.3 Å². The molecule has 8 nitrogen and oxygen atoms in total. The fraction of sp³-hybridized carbons (Fsp3) is 0.273. The third kappa shape index (κ3) is 4.00. The molecule has 0 N–H and O–H groups in total. The van der Waals surface area contributed by atoms with E-state index in [1.165, 1.54) is 0 Å². The van der Waals surface area contributed by atoms with E-state index in [0.717, 1.165) is 40.0 Å². The van der Waals surface area contributed by atoms with Gasteiger partial charge in [-0.05, 0) is 24.6 Å². The molecule has 0 fully saturated rings. The highest BCUT2D eigenvalue weighted by atomic mass is 32.2. The van der Waals surface area contributed by atoms with Crippen LogP contribution in [0.15, 0.2) is 58.2 Å². The highest BCUT2D eigenvalue weighted by Gasteiger charge is 2.22. The maximum Gasteiger partial charge on any atom is 0.239 e. The smallest absolute Gasteiger partial charge is 0.239 e. The Bertz CT molecular complexity index is 1190. The lowest BCUT2D eigenvalue weighted by molar-refractivity contribution is 0.174. The molecule has 2 aromatic heterocycles. The Morgan fingerprint density at radius 3 is 2.71 bits per heavy atom. The molecule has 1 aliphatic rings. The van der Waals surface area contributed by atoms with Crippen molar-refractivity contribution in [3.05, 3.63) is 65.8 Å². The monoisotopic (exact) mass is 435 g/mol. The maximum absolute atomic E-state index is 5.54. The van der Waals surface area contributed by atoms with Crippen molar-refractivity contribution < 1.29 is 14.0 Å². The van der Waals surface area contributed by atoms with Crippen LogP contribution in [0, 0.1) is 0 Å². The normalized spacial score (nSPS) is 13.5. The van der Waals surface area contributed by atoms with Gasteiger partial charge in [-0.15, -0.1) is 10.2 Å². The Morgan fingerprint density at radius 1 is 1.06 bits per heavy atom. The number of aryl methyl sites for hydroxylation is 1. The Kier molecular flexibility index (Phi) is 5.33. The Morgan fingerprint density at radius 2 is 1.90 bits per heavy atom. The van der Waals surface area contributed by atoms with Gasteiger partial charge in [0.25, 0.3) is 0 Å². The summed E-state index contributed by atoms with van der Waals surface area (Å²) in [4.78, 5) is 4.46. The zero-order valence-electron chi connectivity index (χ0n) is 17.2. The van der Waals surface area contributed by atoms with Gasteiger partial charge in [-0.3, -0.25) is 4.57 Å². The second-order valence-corrected chi connectivity index (χ2v) is 8.42. The van der Waals surface area contributed by atoms with Crippen LogP contribution in [0.2, 0.25) is 0 Å². The minimum absolute atomic E-state index is 0.0591. The number of fused-ring (bicyclic) bond motifs is 1. The number of nitrogens with zero attached hydrogens (tertiary/aromatic N) is 5. The minimum Gasteiger partial charge on any atom is -0.454 e. The predicted octanol–water partition coefficient (Wildman–Crippen LogP) is 4.52. The van der Waals surface area contributed by atoms with Crippen molar-refractivity contribution in [1.29, 1.82) is 0 Å². The number of ether oxygens (including phenoxy) is 2. The van der Waals surface area contributed by atoms with Crippen LogP contribution in [0.4, 0.5) is 0 Å². The third-order valence-corrected chi connectivity index (χ3v) is 6.02. The molecule has 0 saturated heterocycles. The molecular weight excluding hydrogens is 414 g/mol. The van der Waals surface area contributed by atoms with E-state index in [4.69, 9.17) is 14.0 Å². The van der Waals surface area contributed by atoms with Crippen molar-refractivity contribution >= 4 is 11.8 Å². The fourth-order valence-corrected chi connectivity index (χ4v) is 4.20. The summed E-state index contributed by atoms with van der Waals surface area (Å²) < 4.78 is 18.5. The predicted molar refractivity (Wildman–Crippen MR) is 115 cm³/mol. The zero-order valence-corrected chi connectivity index (χ0v) is 18.0. The first-order valence-electron chi connectivity index (χ1n) is 10.1. The summed E-state index contributed by atoms with van der Waals surface area (Å²) in [5.74, 6) is 3.61. The highest BCUT2D eigenvalue weighted by molar-refractivity contribution is 7.99. The van der Waals surface area contributed by atoms with Crippen LogP contribution in [0.25, 0.3) is 11.4 Å². The topological polar surface area (TPSA) is 88.1 Å². The van der Waals surface area contributed by atoms with E-state index in [0.29, 0.717) is 18.3 Å². The summed E-state index contributed by atoms with van der Waals surface area (Å²) in [5, 5.41) is 13.7. The molecule has 3 heterocycles. The molecule has 31 heavy (non-hydrogen) atoms. The average molecular weight is 436 g/mol. The molecule has 1 unspecified atom stereocenters. The molecule has 0 aliphatic carbocycles. The quantitative estimate of drug-likeness (QED) is 0.392. The summed E-state index contributed by atoms with van der Waals surface area (Å²) in [7, 11) is 0. The van der Waals surface area contributed by atoms with Crippen molar-refractivity contribution in [3.63, 3.8) is 0 Å². The van der Waals surface area contributed by atoms with Crippen molar-refractivity contribution in [3.8, 4) is 22.9 Å². The van der Waals surface area contributed by atoms with Crippen LogP contribution in [-0.2, 0) is 13.0 Å². The summed E-state index contributed by atoms with van der Waals surface area (Å²) >= 11 is 1.54. The molecule has 0 bridgehead atoms. The standard InChI is InChI=1S/C22H21N5O3S/c1-3-19-23-21(30-26-19)14(2)31-22-25-24-20(16-7-5-4-6-8-16)27(22)12-15-9-10-17-18(11-15)29-13-28-17/h4-11,14H,3,12-13H2,1-2H3. The van der Waals surface area contributed by atoms with Crippen LogP contribution < -0.4 is 9.47 Å². The van der Waals surface area contributed by atoms with Crippen molar-refractivity contribution in [2.75, 3.05) is 6.79 Å². The van der Waals surface area contributed by atoms with E-state index in [2.05, 4.69) is 24.9 Å². The van der Waals surface area contributed by atoms with Crippen LogP contribution in [0.3, 0.4) is 0 Å². The molecule has 9 heteroatoms. The van der Waals surface area contributed by atoms with Gasteiger partial charge in [-0.25, -0.2) is 0 Å². The van der Waals surface area contributed by atoms with Crippen LogP contribution >= 0.6 is 11.8 Å². The molecule has 1 aliphatic heterocycles. The van der Waals surface area contributed by atoms with Gasteiger partial charge in [-0.2, -0.15) is 4.98 Å². The van der Waals surface area contributed by atoms with E-state index >= 15 is 0 Å². The van der Waals surface area contributed by atoms with Crippen LogP contribution in [0.5, 0.6) is 11.5 Å². The largest absolute Gasteiger partial charge is 0.454 e. The lowest BCUT2D eigenvalue weighted by Gasteiger charge is -2.12. The Labute approximate surface area is 183 Å². The maximum atomic E-state index is 5.54. The Hall–Kier alpha value is -3.33. The molecule has 0 radical (unpaired) electrons. The number of hydrogen-bond acceptors (Lipinski definition) is 8. The first-order chi connectivity index (χ1) is 15.2. The molecule has 5 rings (SSSR count). The minimum atomic E-state index is -0.0591. The van der Waals surface area contributed by atoms with Crippen LogP contribution in [-0.4, -0.2) is 31.7 Å². The SMILES string of the molecule is CCc1noc(C(C)Sc2nnc(-c3ccccc3)n2Cc2ccc3c(c2)OCO3)n1. The van der Waals surface area contributed by atoms with Gasteiger partial charge in [0.2, 0.25) is 12.7 Å². The first-order valence-corrected chi connectivity index (χ1v) is 11.0. The van der Waals surface area contributed by atoms with E-state index < -0.39 is 0 Å². The second-order valence-electron chi connectivity index (χ2n) is 7.11. The van der Waals surface area contributed by atoms with E-state index in [1.54, 1.807) is 11.8 Å². The molecule has 0 saturated carbocycles. The molecule has 0 spiro atoms. The lowest BCUT2D eigenvalue weighted by Crippen LogP contribution is -2.05. The molecule has 0 amide bonds. The van der Waals surface area contributed by atoms with Gasteiger partial charge in [0, 0.05) is 12.0 Å². The van der Waals surface area contributed by atoms with Gasteiger partial charge in [0.1, 0.15) is 0 Å². The third-order valence-electron chi connectivity index (χ3n) is 4.96. The average Bonchev–Trinajstić information content (AvgIpc) is 3.54. The fourth-order valence-electron chi connectivity index (χ4n) is 3.33. The lowest BCUT2D eigenvalue weighted by atomic mass is 10.2. The molecule has 1 atom stereocenters. The van der Waals surface area contributed by atoms with Gasteiger partial charge < -0.3 is 14.0 Å². The van der Waals surface area contributed by atoms with Crippen LogP contribution in [0.1, 0.15) is 36.4 Å². The van der Waals surface area contributed by atoms with Gasteiger partial charge in [0.05, 0.1) is 11.8 Å². The van der Waals surface area contributed by atoms with E-state index in [1.807, 2.05) is 62.4 Å². The molecule has 4 aromatic rings. The second kappa shape index (κ2) is 8.43. The van der Waals surface area contributed by atoms with E-state index in [-0.39, 0.29) is 12.0 Å². The van der Waals surface area contributed by atoms with Gasteiger partial charge >= 0.3 is 0 Å². The number of hydrogen-bond donors (Lipinski definition) is 0. The number of aromatic nitrogens is 5. The number of benzene rings is 2. The number of thioether (sulfide) groups is 1. The Balaban J connectivity index is 1.48. The summed E-state index contributed by atoms with van der Waals surface area (Å²) in [6.45, 7) is 4.87. The van der Waals surface area contributed by atoms with Crippen molar-refractivity contribution in [1.82, 2.24) is 24.9 Å². The molecule has 158 valence electrons. The molecule has 2 aromatic carbocycles. The van der Waals surface area contributed by atoms with E-state index in [9.17, 15) is 0 Å². The molecular formula is C22H21N5O3S. The summed E-state index contributed by atoms with van der Waals surface area (Å²) in [5.41, 5.74) is 2.07. The van der Waals surface area contributed by atoms with Crippen molar-refractivity contribution in [2.24, 2.45) is 0 Å². The summed E-state index contributed by atoms with van der Waals surface area (Å²) in [6, 6.07) is 16.0. The van der Waals surface area contributed by atoms with Gasteiger partial charge in [-0.1, -0.05) is 60.2 Å². The first kappa shape index (κ1) is 19.6. The highest BCUT2D eigenvalue weighted by Crippen LogP contribution is 2.36. The number of rotatable bonds is 7. The van der Waals surface area contributed by atoms with Crippen molar-refractivity contribution in [2.45, 2.75) is 37.2 Å². The zero-order chi connectivity index (χ0) is 21.2. The summed E-state index contributed by atoms with van der Waals surface area (Å²) in [6.07, 6.45) is 0.735.